The van der Waals surface area contributed by atoms with Gasteiger partial charge in [0.25, 0.3) is 5.91 Å². The van der Waals surface area contributed by atoms with Crippen molar-refractivity contribution in [1.29, 1.82) is 5.26 Å². The van der Waals surface area contributed by atoms with E-state index in [9.17, 15) is 19.2 Å². The summed E-state index contributed by atoms with van der Waals surface area (Å²) < 4.78 is 24.7. The highest BCUT2D eigenvalue weighted by atomic mass is 32.1. The van der Waals surface area contributed by atoms with Crippen LogP contribution in [0.25, 0.3) is 6.08 Å². The summed E-state index contributed by atoms with van der Waals surface area (Å²) >= 11 is 1.09. The van der Waals surface area contributed by atoms with Gasteiger partial charge < -0.3 is 14.8 Å². The summed E-state index contributed by atoms with van der Waals surface area (Å²) in [5, 5.41) is 14.0. The van der Waals surface area contributed by atoms with E-state index >= 15 is 0 Å². The fourth-order valence-electron chi connectivity index (χ4n) is 3.23. The lowest BCUT2D eigenvalue weighted by Gasteiger charge is -2.18. The van der Waals surface area contributed by atoms with Gasteiger partial charge in [-0.15, -0.1) is 11.3 Å². The van der Waals surface area contributed by atoms with Crippen molar-refractivity contribution >= 4 is 40.0 Å². The Morgan fingerprint density at radius 1 is 1.20 bits per heavy atom. The van der Waals surface area contributed by atoms with Crippen molar-refractivity contribution in [3.8, 4) is 17.6 Å². The molecule has 10 heteroatoms. The van der Waals surface area contributed by atoms with Gasteiger partial charge in [-0.3, -0.25) is 14.5 Å². The summed E-state index contributed by atoms with van der Waals surface area (Å²) in [6, 6.07) is 13.2. The molecular formula is C25H23FN4O4S. The van der Waals surface area contributed by atoms with Crippen LogP contribution in [0.15, 0.2) is 53.4 Å². The van der Waals surface area contributed by atoms with Crippen LogP contribution in [0.2, 0.25) is 0 Å². The van der Waals surface area contributed by atoms with E-state index in [0.717, 1.165) is 21.8 Å². The molecule has 0 spiro atoms. The van der Waals surface area contributed by atoms with Crippen molar-refractivity contribution in [2.24, 2.45) is 0 Å². The van der Waals surface area contributed by atoms with Gasteiger partial charge in [0.05, 0.1) is 25.6 Å². The van der Waals surface area contributed by atoms with Crippen LogP contribution in [-0.4, -0.2) is 37.6 Å². The maximum absolute atomic E-state index is 14.2. The number of ether oxygens (including phenoxy) is 2. The fraction of sp³-hybridized carbons (Fsp3) is 0.200. The monoisotopic (exact) mass is 494 g/mol. The Labute approximate surface area is 206 Å². The minimum absolute atomic E-state index is 0.0679. The van der Waals surface area contributed by atoms with Crippen molar-refractivity contribution in [3.05, 3.63) is 70.5 Å². The number of amides is 2. The van der Waals surface area contributed by atoms with Crippen LogP contribution in [-0.2, 0) is 16.0 Å². The zero-order chi connectivity index (χ0) is 25.4. The Morgan fingerprint density at radius 3 is 2.60 bits per heavy atom. The zero-order valence-corrected chi connectivity index (χ0v) is 20.2. The molecule has 0 fully saturated rings. The number of carbonyl (C=O) groups is 2. The number of rotatable bonds is 9. The molecule has 0 unspecified atom stereocenters. The molecule has 35 heavy (non-hydrogen) atoms. The lowest BCUT2D eigenvalue weighted by molar-refractivity contribution is -0.117. The lowest BCUT2D eigenvalue weighted by atomic mass is 10.1. The molecule has 8 nitrogen and oxygen atoms in total. The van der Waals surface area contributed by atoms with Crippen LogP contribution < -0.4 is 19.7 Å². The number of halogens is 1. The first-order chi connectivity index (χ1) is 16.9. The summed E-state index contributed by atoms with van der Waals surface area (Å²) in [6.07, 6.45) is 1.84. The molecule has 3 rings (SSSR count). The second-order valence-electron chi connectivity index (χ2n) is 7.23. The van der Waals surface area contributed by atoms with Gasteiger partial charge in [-0.1, -0.05) is 18.2 Å². The molecule has 0 aliphatic rings. The number of thiazole rings is 1. The zero-order valence-electron chi connectivity index (χ0n) is 19.4. The summed E-state index contributed by atoms with van der Waals surface area (Å²) in [5.74, 6) is -0.353. The molecular weight excluding hydrogens is 471 g/mol. The van der Waals surface area contributed by atoms with Gasteiger partial charge in [0, 0.05) is 18.8 Å². The van der Waals surface area contributed by atoms with Gasteiger partial charge >= 0.3 is 0 Å². The van der Waals surface area contributed by atoms with Gasteiger partial charge in [-0.05, 0) is 42.3 Å². The molecule has 2 amide bonds. The van der Waals surface area contributed by atoms with Crippen LogP contribution in [0.3, 0.4) is 0 Å². The molecule has 0 saturated carbocycles. The molecule has 1 N–H and O–H groups in total. The molecule has 3 aromatic rings. The van der Waals surface area contributed by atoms with E-state index in [4.69, 9.17) is 9.47 Å². The third kappa shape index (κ3) is 6.22. The number of methoxy groups -OCH3 is 2. The van der Waals surface area contributed by atoms with E-state index in [1.165, 1.54) is 31.2 Å². The first-order valence-electron chi connectivity index (χ1n) is 10.5. The van der Waals surface area contributed by atoms with Crippen molar-refractivity contribution in [3.63, 3.8) is 0 Å². The number of aromatic nitrogens is 1. The molecule has 2 aromatic carbocycles. The van der Waals surface area contributed by atoms with E-state index < -0.39 is 17.6 Å². The van der Waals surface area contributed by atoms with Crippen LogP contribution in [0.5, 0.6) is 11.5 Å². The molecule has 180 valence electrons. The van der Waals surface area contributed by atoms with E-state index in [1.807, 2.05) is 18.2 Å². The molecule has 0 radical (unpaired) electrons. The molecule has 1 heterocycles. The van der Waals surface area contributed by atoms with Gasteiger partial charge in [0.2, 0.25) is 5.91 Å². The van der Waals surface area contributed by atoms with E-state index in [1.54, 1.807) is 31.7 Å². The van der Waals surface area contributed by atoms with Crippen LogP contribution in [0.4, 0.5) is 15.2 Å². The Bertz CT molecular complexity index is 1300. The third-order valence-corrected chi connectivity index (χ3v) is 5.76. The first kappa shape index (κ1) is 25.4. The fourth-order valence-corrected chi connectivity index (χ4v) is 4.07. The number of hydrogen-bond donors (Lipinski definition) is 1. The minimum Gasteiger partial charge on any atom is -0.493 e. The summed E-state index contributed by atoms with van der Waals surface area (Å²) in [4.78, 5) is 30.2. The van der Waals surface area contributed by atoms with Gasteiger partial charge in [-0.25, -0.2) is 9.37 Å². The van der Waals surface area contributed by atoms with Crippen molar-refractivity contribution in [2.75, 3.05) is 25.7 Å². The van der Waals surface area contributed by atoms with Crippen LogP contribution in [0, 0.1) is 17.1 Å². The molecule has 0 bridgehead atoms. The van der Waals surface area contributed by atoms with Crippen molar-refractivity contribution in [2.45, 2.75) is 13.3 Å². The molecule has 0 atom stereocenters. The molecule has 0 aliphatic carbocycles. The maximum Gasteiger partial charge on any atom is 0.262 e. The largest absolute Gasteiger partial charge is 0.493 e. The SMILES string of the molecule is COc1ccc(CCNC(=O)/C(C#N)=C/c2csc(N(C(C)=O)c3ccccc3F)n2)cc1OC. The van der Waals surface area contributed by atoms with Crippen LogP contribution in [0.1, 0.15) is 18.2 Å². The Balaban J connectivity index is 1.70. The summed E-state index contributed by atoms with van der Waals surface area (Å²) in [5.41, 5.74) is 1.15. The molecule has 0 aliphatic heterocycles. The smallest absolute Gasteiger partial charge is 0.262 e. The summed E-state index contributed by atoms with van der Waals surface area (Å²) in [7, 11) is 3.10. The third-order valence-electron chi connectivity index (χ3n) is 4.91. The average molecular weight is 495 g/mol. The van der Waals surface area contributed by atoms with Gasteiger partial charge in [0.15, 0.2) is 16.6 Å². The van der Waals surface area contributed by atoms with Crippen molar-refractivity contribution in [1.82, 2.24) is 10.3 Å². The number of nitriles is 1. The topological polar surface area (TPSA) is 105 Å². The number of carbonyl (C=O) groups excluding carboxylic acids is 2. The number of para-hydroxylation sites is 1. The van der Waals surface area contributed by atoms with Gasteiger partial charge in [0.1, 0.15) is 17.5 Å². The van der Waals surface area contributed by atoms with Crippen molar-refractivity contribution < 1.29 is 23.5 Å². The Morgan fingerprint density at radius 2 is 1.94 bits per heavy atom. The van der Waals surface area contributed by atoms with E-state index in [2.05, 4.69) is 10.3 Å². The normalized spacial score (nSPS) is 10.9. The molecule has 0 saturated heterocycles. The lowest BCUT2D eigenvalue weighted by Crippen LogP contribution is -2.26. The second-order valence-corrected chi connectivity index (χ2v) is 8.06. The van der Waals surface area contributed by atoms with E-state index in [0.29, 0.717) is 30.2 Å². The molecule has 1 aromatic heterocycles. The highest BCUT2D eigenvalue weighted by Gasteiger charge is 2.21. The first-order valence-corrected chi connectivity index (χ1v) is 11.4. The summed E-state index contributed by atoms with van der Waals surface area (Å²) in [6.45, 7) is 1.59. The Kier molecular flexibility index (Phi) is 8.53. The number of hydrogen-bond acceptors (Lipinski definition) is 7. The minimum atomic E-state index is -0.568. The quantitative estimate of drug-likeness (QED) is 0.352. The predicted octanol–water partition coefficient (Wildman–Crippen LogP) is 4.25. The van der Waals surface area contributed by atoms with Gasteiger partial charge in [-0.2, -0.15) is 5.26 Å². The average Bonchev–Trinajstić information content (AvgIpc) is 3.31. The van der Waals surface area contributed by atoms with Crippen LogP contribution >= 0.6 is 11.3 Å². The highest BCUT2D eigenvalue weighted by molar-refractivity contribution is 7.14. The van der Waals surface area contributed by atoms with E-state index in [-0.39, 0.29) is 16.4 Å². The number of nitrogens with zero attached hydrogens (tertiary/aromatic N) is 3. The number of nitrogens with one attached hydrogen (secondary N) is 1. The predicted molar refractivity (Wildman–Crippen MR) is 131 cm³/mol. The maximum atomic E-state index is 14.2. The Hall–Kier alpha value is -4.23. The highest BCUT2D eigenvalue weighted by Crippen LogP contribution is 2.31. The second kappa shape index (κ2) is 11.8. The standard InChI is InChI=1S/C25H23FN4O4S/c1-16(31)30(21-7-5-4-6-20(21)26)25-29-19(15-35-25)13-18(14-27)24(32)28-11-10-17-8-9-22(33-2)23(12-17)34-3/h4-9,12-13,15H,10-11H2,1-3H3,(H,28,32)/b18-13+. The number of anilines is 2. The number of benzene rings is 2.